The zero-order valence-corrected chi connectivity index (χ0v) is 17.5. The van der Waals surface area contributed by atoms with Crippen LogP contribution in [0.15, 0.2) is 46.6 Å². The Bertz CT molecular complexity index is 1170. The quantitative estimate of drug-likeness (QED) is 0.560. The van der Waals surface area contributed by atoms with Crippen LogP contribution in [0.25, 0.3) is 12.2 Å². The van der Waals surface area contributed by atoms with Gasteiger partial charge in [0.15, 0.2) is 0 Å². The van der Waals surface area contributed by atoms with Crippen molar-refractivity contribution in [1.29, 1.82) is 0 Å². The SMILES string of the molecule is CCOC(=O)/C=c1\s/c(=C\c2cccs2)c(=O)n1Cc1ccc(C(=O)OC)cc1. The topological polar surface area (TPSA) is 74.6 Å². The van der Waals surface area contributed by atoms with E-state index in [2.05, 4.69) is 0 Å². The highest BCUT2D eigenvalue weighted by molar-refractivity contribution is 7.11. The first kappa shape index (κ1) is 20.8. The van der Waals surface area contributed by atoms with E-state index in [1.807, 2.05) is 23.6 Å². The number of aromatic nitrogens is 1. The van der Waals surface area contributed by atoms with Crippen LogP contribution in [0.1, 0.15) is 27.7 Å². The standard InChI is InChI=1S/C21H19NO5S2/c1-3-27-19(23)12-18-22(13-14-6-8-15(9-7-14)21(25)26-2)20(24)17(29-18)11-16-5-4-10-28-16/h4-12H,3,13H2,1-2H3/b17-11-,18-12-. The maximum Gasteiger partial charge on any atom is 0.337 e. The van der Waals surface area contributed by atoms with E-state index in [1.165, 1.54) is 40.4 Å². The van der Waals surface area contributed by atoms with Crippen LogP contribution in [0.3, 0.4) is 0 Å². The van der Waals surface area contributed by atoms with Gasteiger partial charge in [-0.3, -0.25) is 9.36 Å². The number of hydrogen-bond acceptors (Lipinski definition) is 7. The predicted molar refractivity (Wildman–Crippen MR) is 114 cm³/mol. The molecule has 0 amide bonds. The predicted octanol–water partition coefficient (Wildman–Crippen LogP) is 1.98. The molecule has 1 aromatic carbocycles. The summed E-state index contributed by atoms with van der Waals surface area (Å²) >= 11 is 2.77. The zero-order valence-electron chi connectivity index (χ0n) is 15.9. The van der Waals surface area contributed by atoms with Gasteiger partial charge in [-0.05, 0) is 42.1 Å². The first-order valence-corrected chi connectivity index (χ1v) is 10.5. The number of esters is 2. The third kappa shape index (κ3) is 5.10. The van der Waals surface area contributed by atoms with Gasteiger partial charge in [-0.15, -0.1) is 22.7 Å². The van der Waals surface area contributed by atoms with E-state index in [9.17, 15) is 14.4 Å². The minimum absolute atomic E-state index is 0.184. The molecule has 2 heterocycles. The third-order valence-electron chi connectivity index (χ3n) is 4.00. The van der Waals surface area contributed by atoms with Gasteiger partial charge in [0, 0.05) is 4.88 Å². The average Bonchev–Trinajstić information content (AvgIpc) is 3.32. The van der Waals surface area contributed by atoms with E-state index in [4.69, 9.17) is 9.47 Å². The van der Waals surface area contributed by atoms with Crippen molar-refractivity contribution >= 4 is 46.8 Å². The molecule has 2 aromatic heterocycles. The summed E-state index contributed by atoms with van der Waals surface area (Å²) in [6, 6.07) is 10.6. The van der Waals surface area contributed by atoms with Gasteiger partial charge in [0.2, 0.25) is 0 Å². The summed E-state index contributed by atoms with van der Waals surface area (Å²) in [6.07, 6.45) is 3.15. The molecule has 8 heteroatoms. The first-order chi connectivity index (χ1) is 14.0. The van der Waals surface area contributed by atoms with Crippen LogP contribution >= 0.6 is 22.7 Å². The van der Waals surface area contributed by atoms with Crippen LogP contribution in [0, 0.1) is 0 Å². The number of methoxy groups -OCH3 is 1. The lowest BCUT2D eigenvalue weighted by Gasteiger charge is -2.04. The number of carbonyl (C=O) groups is 2. The van der Waals surface area contributed by atoms with Crippen LogP contribution in [0.5, 0.6) is 0 Å². The van der Waals surface area contributed by atoms with Gasteiger partial charge in [-0.2, -0.15) is 0 Å². The lowest BCUT2D eigenvalue weighted by Crippen LogP contribution is -2.32. The molecule has 0 fully saturated rings. The molecule has 0 bridgehead atoms. The molecular weight excluding hydrogens is 410 g/mol. The molecule has 0 radical (unpaired) electrons. The molecule has 0 unspecified atom stereocenters. The number of thiophene rings is 1. The second-order valence-corrected chi connectivity index (χ2v) is 7.98. The number of carbonyl (C=O) groups excluding carboxylic acids is 2. The number of benzene rings is 1. The molecule has 150 valence electrons. The van der Waals surface area contributed by atoms with Crippen LogP contribution in [-0.4, -0.2) is 30.2 Å². The van der Waals surface area contributed by atoms with Gasteiger partial charge in [0.25, 0.3) is 5.56 Å². The van der Waals surface area contributed by atoms with Crippen molar-refractivity contribution < 1.29 is 19.1 Å². The Morgan fingerprint density at radius 2 is 1.93 bits per heavy atom. The summed E-state index contributed by atoms with van der Waals surface area (Å²) in [4.78, 5) is 37.5. The molecule has 0 aliphatic carbocycles. The molecule has 6 nitrogen and oxygen atoms in total. The maximum atomic E-state index is 13.0. The number of ether oxygens (including phenoxy) is 2. The van der Waals surface area contributed by atoms with Crippen molar-refractivity contribution in [2.24, 2.45) is 0 Å². The third-order valence-corrected chi connectivity index (χ3v) is 5.88. The summed E-state index contributed by atoms with van der Waals surface area (Å²) in [5, 5.41) is 1.94. The number of hydrogen-bond donors (Lipinski definition) is 0. The van der Waals surface area contributed by atoms with Crippen LogP contribution in [-0.2, 0) is 20.8 Å². The minimum Gasteiger partial charge on any atom is -0.465 e. The Balaban J connectivity index is 2.04. The van der Waals surface area contributed by atoms with E-state index < -0.39 is 11.9 Å². The van der Waals surface area contributed by atoms with E-state index in [1.54, 1.807) is 31.2 Å². The van der Waals surface area contributed by atoms with Gasteiger partial charge < -0.3 is 9.47 Å². The molecular formula is C21H19NO5S2. The molecule has 0 N–H and O–H groups in total. The van der Waals surface area contributed by atoms with Crippen molar-refractivity contribution in [2.75, 3.05) is 13.7 Å². The fourth-order valence-electron chi connectivity index (χ4n) is 2.63. The molecule has 0 spiro atoms. The van der Waals surface area contributed by atoms with Gasteiger partial charge in [0.05, 0.1) is 36.4 Å². The maximum absolute atomic E-state index is 13.0. The second-order valence-electron chi connectivity index (χ2n) is 5.94. The molecule has 3 aromatic rings. The Morgan fingerprint density at radius 1 is 1.17 bits per heavy atom. The van der Waals surface area contributed by atoms with Crippen LogP contribution in [0.4, 0.5) is 0 Å². The van der Waals surface area contributed by atoms with Crippen molar-refractivity contribution in [3.8, 4) is 0 Å². The molecule has 0 saturated carbocycles. The highest BCUT2D eigenvalue weighted by atomic mass is 32.1. The molecule has 0 aliphatic heterocycles. The smallest absolute Gasteiger partial charge is 0.337 e. The lowest BCUT2D eigenvalue weighted by atomic mass is 10.1. The normalized spacial score (nSPS) is 12.2. The van der Waals surface area contributed by atoms with E-state index in [-0.39, 0.29) is 18.7 Å². The number of thiazole rings is 1. The number of rotatable bonds is 6. The molecule has 0 atom stereocenters. The van der Waals surface area contributed by atoms with E-state index >= 15 is 0 Å². The van der Waals surface area contributed by atoms with Crippen LogP contribution in [0.2, 0.25) is 0 Å². The van der Waals surface area contributed by atoms with Crippen molar-refractivity contribution in [3.05, 3.63) is 77.3 Å². The summed E-state index contributed by atoms with van der Waals surface area (Å²) in [7, 11) is 1.32. The lowest BCUT2D eigenvalue weighted by molar-refractivity contribution is -0.135. The fourth-order valence-corrected chi connectivity index (χ4v) is 4.38. The largest absolute Gasteiger partial charge is 0.465 e. The van der Waals surface area contributed by atoms with Gasteiger partial charge in [-0.25, -0.2) is 9.59 Å². The Kier molecular flexibility index (Phi) is 6.79. The monoisotopic (exact) mass is 429 g/mol. The fraction of sp³-hybridized carbons (Fsp3) is 0.190. The van der Waals surface area contributed by atoms with E-state index in [0.717, 1.165) is 10.4 Å². The van der Waals surface area contributed by atoms with E-state index in [0.29, 0.717) is 14.8 Å². The highest BCUT2D eigenvalue weighted by Gasteiger charge is 2.10. The average molecular weight is 430 g/mol. The molecule has 0 aliphatic rings. The Labute approximate surface area is 175 Å². The van der Waals surface area contributed by atoms with Gasteiger partial charge in [0.1, 0.15) is 4.66 Å². The molecule has 29 heavy (non-hydrogen) atoms. The summed E-state index contributed by atoms with van der Waals surface area (Å²) in [5.74, 6) is -0.917. The van der Waals surface area contributed by atoms with Crippen molar-refractivity contribution in [3.63, 3.8) is 0 Å². The molecule has 3 rings (SSSR count). The van der Waals surface area contributed by atoms with Crippen molar-refractivity contribution in [1.82, 2.24) is 4.57 Å². The Morgan fingerprint density at radius 3 is 2.55 bits per heavy atom. The van der Waals surface area contributed by atoms with Gasteiger partial charge >= 0.3 is 11.9 Å². The minimum atomic E-state index is -0.494. The zero-order chi connectivity index (χ0) is 20.8. The van der Waals surface area contributed by atoms with Gasteiger partial charge in [-0.1, -0.05) is 18.2 Å². The number of nitrogens with zero attached hydrogens (tertiary/aromatic N) is 1. The summed E-state index contributed by atoms with van der Waals surface area (Å²) < 4.78 is 12.3. The highest BCUT2D eigenvalue weighted by Crippen LogP contribution is 2.09. The van der Waals surface area contributed by atoms with Crippen LogP contribution < -0.4 is 14.8 Å². The van der Waals surface area contributed by atoms with Crippen molar-refractivity contribution in [2.45, 2.75) is 13.5 Å². The summed E-state index contributed by atoms with van der Waals surface area (Å²) in [6.45, 7) is 2.25. The Hall–Kier alpha value is -2.97. The second kappa shape index (κ2) is 9.49. The first-order valence-electron chi connectivity index (χ1n) is 8.82. The molecule has 0 saturated heterocycles. The summed E-state index contributed by atoms with van der Waals surface area (Å²) in [5.41, 5.74) is 1.06.